The molecule has 0 bridgehead atoms. The normalized spacial score (nSPS) is 10.4. The van der Waals surface area contributed by atoms with Crippen LogP contribution < -0.4 is 16.0 Å². The fourth-order valence-corrected chi connectivity index (χ4v) is 2.41. The topological polar surface area (TPSA) is 70.2 Å². The van der Waals surface area contributed by atoms with Gasteiger partial charge in [-0.1, -0.05) is 29.3 Å². The van der Waals surface area contributed by atoms with Gasteiger partial charge in [0.15, 0.2) is 0 Å². The molecule has 0 spiro atoms. The van der Waals surface area contributed by atoms with E-state index in [2.05, 4.69) is 16.0 Å². The minimum absolute atomic E-state index is 0.0559. The number of hydrogen-bond donors (Lipinski definition) is 3. The minimum Gasteiger partial charge on any atom is -0.376 e. The van der Waals surface area contributed by atoms with Gasteiger partial charge in [-0.2, -0.15) is 0 Å². The molecule has 0 saturated carbocycles. The molecular formula is C18H19Cl2N3O2. The van der Waals surface area contributed by atoms with Gasteiger partial charge in [0.2, 0.25) is 5.91 Å². The zero-order chi connectivity index (χ0) is 18.4. The van der Waals surface area contributed by atoms with Gasteiger partial charge in [0.25, 0.3) is 5.91 Å². The first-order valence-corrected chi connectivity index (χ1v) is 8.51. The summed E-state index contributed by atoms with van der Waals surface area (Å²) in [7, 11) is 0. The zero-order valence-corrected chi connectivity index (χ0v) is 15.4. The lowest BCUT2D eigenvalue weighted by Gasteiger charge is -2.11. The minimum atomic E-state index is -0.259. The summed E-state index contributed by atoms with van der Waals surface area (Å²) in [5, 5.41) is 9.18. The third-order valence-electron chi connectivity index (χ3n) is 3.25. The maximum atomic E-state index is 12.0. The number of halogens is 2. The van der Waals surface area contributed by atoms with Crippen molar-refractivity contribution in [2.45, 2.75) is 19.9 Å². The van der Waals surface area contributed by atoms with E-state index < -0.39 is 0 Å². The van der Waals surface area contributed by atoms with Crippen LogP contribution in [0.3, 0.4) is 0 Å². The van der Waals surface area contributed by atoms with E-state index in [1.54, 1.807) is 42.5 Å². The van der Waals surface area contributed by atoms with Crippen molar-refractivity contribution in [1.82, 2.24) is 5.32 Å². The Morgan fingerprint density at radius 3 is 2.36 bits per heavy atom. The van der Waals surface area contributed by atoms with Crippen LogP contribution in [0.1, 0.15) is 24.2 Å². The van der Waals surface area contributed by atoms with E-state index in [4.69, 9.17) is 23.2 Å². The molecule has 0 fully saturated rings. The van der Waals surface area contributed by atoms with Gasteiger partial charge in [0, 0.05) is 17.3 Å². The van der Waals surface area contributed by atoms with E-state index in [-0.39, 0.29) is 24.4 Å². The number of anilines is 2. The molecule has 0 heterocycles. The average Bonchev–Trinajstić information content (AvgIpc) is 2.57. The number of carbonyl (C=O) groups excluding carboxylic acids is 2. The van der Waals surface area contributed by atoms with Crippen LogP contribution in [0.2, 0.25) is 10.0 Å². The lowest BCUT2D eigenvalue weighted by atomic mass is 10.2. The second-order valence-corrected chi connectivity index (χ2v) is 6.49. The fraction of sp³-hybridized carbons (Fsp3) is 0.222. The van der Waals surface area contributed by atoms with Crippen molar-refractivity contribution in [3.05, 3.63) is 58.1 Å². The standard InChI is InChI=1S/C18H19Cl2N3O2/c1-11(2)22-18(25)12-6-8-13(9-7-12)21-10-16(24)23-15-5-3-4-14(19)17(15)20/h3-9,11,21H,10H2,1-2H3,(H,22,25)(H,23,24). The largest absolute Gasteiger partial charge is 0.376 e. The summed E-state index contributed by atoms with van der Waals surface area (Å²) in [6.07, 6.45) is 0. The Morgan fingerprint density at radius 1 is 1.04 bits per heavy atom. The van der Waals surface area contributed by atoms with Gasteiger partial charge in [0.05, 0.1) is 22.3 Å². The van der Waals surface area contributed by atoms with Gasteiger partial charge in [-0.3, -0.25) is 9.59 Å². The maximum Gasteiger partial charge on any atom is 0.251 e. The third kappa shape index (κ3) is 5.66. The molecular weight excluding hydrogens is 361 g/mol. The van der Waals surface area contributed by atoms with Crippen LogP contribution in [-0.4, -0.2) is 24.4 Å². The van der Waals surface area contributed by atoms with Crippen molar-refractivity contribution in [3.63, 3.8) is 0 Å². The summed E-state index contributed by atoms with van der Waals surface area (Å²) in [5.74, 6) is -0.388. The highest BCUT2D eigenvalue weighted by molar-refractivity contribution is 6.44. The fourth-order valence-electron chi connectivity index (χ4n) is 2.06. The van der Waals surface area contributed by atoms with Crippen LogP contribution in [-0.2, 0) is 4.79 Å². The number of amides is 2. The first-order chi connectivity index (χ1) is 11.9. The Bertz CT molecular complexity index is 761. The van der Waals surface area contributed by atoms with Crippen molar-refractivity contribution in [2.24, 2.45) is 0 Å². The van der Waals surface area contributed by atoms with E-state index in [1.807, 2.05) is 13.8 Å². The van der Waals surface area contributed by atoms with E-state index in [0.29, 0.717) is 21.3 Å². The molecule has 2 aromatic rings. The number of hydrogen-bond acceptors (Lipinski definition) is 3. The Kier molecular flexibility index (Phi) is 6.67. The van der Waals surface area contributed by atoms with Crippen LogP contribution in [0.5, 0.6) is 0 Å². The van der Waals surface area contributed by atoms with Gasteiger partial charge in [0.1, 0.15) is 0 Å². The highest BCUT2D eigenvalue weighted by atomic mass is 35.5. The molecule has 132 valence electrons. The van der Waals surface area contributed by atoms with Crippen LogP contribution in [0, 0.1) is 0 Å². The highest BCUT2D eigenvalue weighted by Crippen LogP contribution is 2.29. The second kappa shape index (κ2) is 8.74. The molecule has 0 aliphatic carbocycles. The summed E-state index contributed by atoms with van der Waals surface area (Å²) < 4.78 is 0. The predicted octanol–water partition coefficient (Wildman–Crippen LogP) is 4.18. The third-order valence-corrected chi connectivity index (χ3v) is 4.06. The number of nitrogens with one attached hydrogen (secondary N) is 3. The molecule has 5 nitrogen and oxygen atoms in total. The van der Waals surface area contributed by atoms with Gasteiger partial charge >= 0.3 is 0 Å². The zero-order valence-electron chi connectivity index (χ0n) is 13.9. The number of rotatable bonds is 6. The van der Waals surface area contributed by atoms with E-state index in [9.17, 15) is 9.59 Å². The Labute approximate surface area is 156 Å². The van der Waals surface area contributed by atoms with Gasteiger partial charge in [-0.05, 0) is 50.2 Å². The summed E-state index contributed by atoms with van der Waals surface area (Å²) in [6.45, 7) is 3.86. The molecule has 2 rings (SSSR count). The van der Waals surface area contributed by atoms with E-state index in [1.165, 1.54) is 0 Å². The summed E-state index contributed by atoms with van der Waals surface area (Å²) in [5.41, 5.74) is 1.75. The molecule has 0 radical (unpaired) electrons. The number of benzene rings is 2. The first kappa shape index (κ1) is 19.1. The van der Waals surface area contributed by atoms with Crippen molar-refractivity contribution >= 4 is 46.4 Å². The molecule has 25 heavy (non-hydrogen) atoms. The Hall–Kier alpha value is -2.24. The highest BCUT2D eigenvalue weighted by Gasteiger charge is 2.09. The summed E-state index contributed by atoms with van der Waals surface area (Å²) >= 11 is 11.9. The molecule has 0 aliphatic rings. The number of carbonyl (C=O) groups is 2. The van der Waals surface area contributed by atoms with Crippen LogP contribution in [0.4, 0.5) is 11.4 Å². The second-order valence-electron chi connectivity index (χ2n) is 5.71. The Morgan fingerprint density at radius 2 is 1.72 bits per heavy atom. The average molecular weight is 380 g/mol. The van der Waals surface area contributed by atoms with E-state index >= 15 is 0 Å². The lowest BCUT2D eigenvalue weighted by Crippen LogP contribution is -2.30. The van der Waals surface area contributed by atoms with Crippen LogP contribution in [0.25, 0.3) is 0 Å². The molecule has 2 amide bonds. The van der Waals surface area contributed by atoms with Crippen molar-refractivity contribution < 1.29 is 9.59 Å². The molecule has 7 heteroatoms. The van der Waals surface area contributed by atoms with Crippen LogP contribution in [0.15, 0.2) is 42.5 Å². The van der Waals surface area contributed by atoms with Crippen molar-refractivity contribution in [2.75, 3.05) is 17.2 Å². The quantitative estimate of drug-likeness (QED) is 0.704. The molecule has 0 unspecified atom stereocenters. The molecule has 0 aliphatic heterocycles. The Balaban J connectivity index is 1.89. The molecule has 0 aromatic heterocycles. The first-order valence-electron chi connectivity index (χ1n) is 7.75. The molecule has 2 aromatic carbocycles. The lowest BCUT2D eigenvalue weighted by molar-refractivity contribution is -0.114. The van der Waals surface area contributed by atoms with E-state index in [0.717, 1.165) is 5.69 Å². The summed E-state index contributed by atoms with van der Waals surface area (Å²) in [4.78, 5) is 23.9. The van der Waals surface area contributed by atoms with Gasteiger partial charge < -0.3 is 16.0 Å². The molecule has 0 saturated heterocycles. The molecule has 0 atom stereocenters. The van der Waals surface area contributed by atoms with Crippen molar-refractivity contribution in [3.8, 4) is 0 Å². The smallest absolute Gasteiger partial charge is 0.251 e. The predicted molar refractivity (Wildman–Crippen MR) is 103 cm³/mol. The van der Waals surface area contributed by atoms with Crippen LogP contribution >= 0.6 is 23.2 Å². The van der Waals surface area contributed by atoms with Gasteiger partial charge in [-0.15, -0.1) is 0 Å². The van der Waals surface area contributed by atoms with Gasteiger partial charge in [-0.25, -0.2) is 0 Å². The SMILES string of the molecule is CC(C)NC(=O)c1ccc(NCC(=O)Nc2cccc(Cl)c2Cl)cc1. The van der Waals surface area contributed by atoms with Crippen molar-refractivity contribution in [1.29, 1.82) is 0 Å². The summed E-state index contributed by atoms with van der Waals surface area (Å²) in [6, 6.07) is 12.0. The molecule has 3 N–H and O–H groups in total. The maximum absolute atomic E-state index is 12.0. The monoisotopic (exact) mass is 379 g/mol.